The Hall–Kier alpha value is -0.900. The molecule has 0 aromatic carbocycles. The van der Waals surface area contributed by atoms with Crippen LogP contribution in [0.25, 0.3) is 0 Å². The van der Waals surface area contributed by atoms with E-state index >= 15 is 0 Å². The summed E-state index contributed by atoms with van der Waals surface area (Å²) >= 11 is 0. The first-order valence-electron chi connectivity index (χ1n) is 9.78. The van der Waals surface area contributed by atoms with E-state index in [2.05, 4.69) is 10.6 Å². The third kappa shape index (κ3) is 6.30. The molecule has 9 heteroatoms. The van der Waals surface area contributed by atoms with Gasteiger partial charge in [0.2, 0.25) is 5.91 Å². The van der Waals surface area contributed by atoms with Crippen molar-refractivity contribution in [3.8, 4) is 0 Å². The fourth-order valence-electron chi connectivity index (χ4n) is 4.08. The van der Waals surface area contributed by atoms with Crippen molar-refractivity contribution in [1.82, 2.24) is 20.4 Å². The number of halogens is 3. The van der Waals surface area contributed by atoms with E-state index in [0.717, 1.165) is 0 Å². The van der Waals surface area contributed by atoms with Crippen LogP contribution in [0.15, 0.2) is 0 Å². The highest BCUT2D eigenvalue weighted by atomic mass is 19.4. The van der Waals surface area contributed by atoms with Gasteiger partial charge in [-0.1, -0.05) is 13.8 Å². The van der Waals surface area contributed by atoms with Gasteiger partial charge in [-0.25, -0.2) is 0 Å². The van der Waals surface area contributed by atoms with Crippen molar-refractivity contribution in [2.24, 2.45) is 5.92 Å². The molecule has 0 saturated carbocycles. The molecule has 4 unspecified atom stereocenters. The van der Waals surface area contributed by atoms with Gasteiger partial charge in [0.05, 0.1) is 18.2 Å². The Morgan fingerprint density at radius 3 is 2.19 bits per heavy atom. The average Bonchev–Trinajstić information content (AvgIpc) is 2.53. The number of rotatable bonds is 6. The lowest BCUT2D eigenvalue weighted by Crippen LogP contribution is -2.60. The smallest absolute Gasteiger partial charge is 0.373 e. The number of hydrogen-bond acceptors (Lipinski definition) is 5. The van der Waals surface area contributed by atoms with Crippen molar-refractivity contribution in [2.45, 2.75) is 58.2 Å². The van der Waals surface area contributed by atoms with Crippen LogP contribution in [0.4, 0.5) is 13.2 Å². The molecule has 1 amide bonds. The van der Waals surface area contributed by atoms with E-state index in [4.69, 9.17) is 4.74 Å². The van der Waals surface area contributed by atoms with Gasteiger partial charge in [-0.2, -0.15) is 13.2 Å². The monoisotopic (exact) mass is 394 g/mol. The van der Waals surface area contributed by atoms with Crippen LogP contribution < -0.4 is 10.6 Å². The topological polar surface area (TPSA) is 56.8 Å². The molecular formula is C18H33F3N4O2. The Morgan fingerprint density at radius 2 is 1.70 bits per heavy atom. The summed E-state index contributed by atoms with van der Waals surface area (Å²) in [5, 5.41) is 5.65. The van der Waals surface area contributed by atoms with Gasteiger partial charge in [-0.05, 0) is 19.8 Å². The van der Waals surface area contributed by atoms with E-state index in [0.29, 0.717) is 39.3 Å². The number of amides is 1. The molecule has 2 aliphatic rings. The van der Waals surface area contributed by atoms with Crippen molar-refractivity contribution in [2.75, 3.05) is 45.8 Å². The van der Waals surface area contributed by atoms with E-state index in [-0.39, 0.29) is 24.0 Å². The number of nitrogens with one attached hydrogen (secondary N) is 2. The highest BCUT2D eigenvalue weighted by molar-refractivity contribution is 5.82. The van der Waals surface area contributed by atoms with Crippen LogP contribution in [0, 0.1) is 5.92 Å². The summed E-state index contributed by atoms with van der Waals surface area (Å²) in [7, 11) is 0. The highest BCUT2D eigenvalue weighted by Crippen LogP contribution is 2.25. The molecule has 0 aromatic heterocycles. The van der Waals surface area contributed by atoms with Crippen LogP contribution >= 0.6 is 0 Å². The lowest BCUT2D eigenvalue weighted by Gasteiger charge is -2.41. The summed E-state index contributed by atoms with van der Waals surface area (Å²) in [5.74, 6) is -0.346. The number of nitrogens with zero attached hydrogens (tertiary/aromatic N) is 2. The molecule has 0 aromatic rings. The Bertz CT molecular complexity index is 474. The number of hydrogen-bond donors (Lipinski definition) is 2. The first-order valence-corrected chi connectivity index (χ1v) is 9.78. The molecule has 0 radical (unpaired) electrons. The summed E-state index contributed by atoms with van der Waals surface area (Å²) in [6, 6.07) is -2.12. The molecule has 2 aliphatic heterocycles. The number of morpholine rings is 1. The summed E-state index contributed by atoms with van der Waals surface area (Å²) in [6.07, 6.45) is -4.39. The zero-order chi connectivity index (χ0) is 20.2. The van der Waals surface area contributed by atoms with Gasteiger partial charge in [0, 0.05) is 45.8 Å². The van der Waals surface area contributed by atoms with Crippen LogP contribution in [0.3, 0.4) is 0 Å². The molecule has 0 aliphatic carbocycles. The molecule has 0 bridgehead atoms. The van der Waals surface area contributed by atoms with Crippen LogP contribution in [0.5, 0.6) is 0 Å². The zero-order valence-electron chi connectivity index (χ0n) is 16.7. The minimum absolute atomic E-state index is 0.00780. The molecular weight excluding hydrogens is 361 g/mol. The molecule has 4 atom stereocenters. The van der Waals surface area contributed by atoms with Crippen LogP contribution in [-0.2, 0) is 9.53 Å². The van der Waals surface area contributed by atoms with Crippen molar-refractivity contribution in [3.63, 3.8) is 0 Å². The summed E-state index contributed by atoms with van der Waals surface area (Å²) in [4.78, 5) is 16.3. The summed E-state index contributed by atoms with van der Waals surface area (Å²) in [5.41, 5.74) is 0. The van der Waals surface area contributed by atoms with E-state index in [1.807, 2.05) is 32.6 Å². The van der Waals surface area contributed by atoms with Gasteiger partial charge in [0.1, 0.15) is 6.04 Å². The Morgan fingerprint density at radius 1 is 1.15 bits per heavy atom. The average molecular weight is 394 g/mol. The molecule has 2 fully saturated rings. The molecule has 2 rings (SSSR count). The minimum Gasteiger partial charge on any atom is -0.373 e. The van der Waals surface area contributed by atoms with Crippen LogP contribution in [0.1, 0.15) is 27.7 Å². The SMILES string of the molecule is CC1CN(C(C(=O)NCC(N2CCNCC2)C(F)(F)F)C(C)C)CC(C)O1. The van der Waals surface area contributed by atoms with Crippen molar-refractivity contribution in [1.29, 1.82) is 0 Å². The molecule has 0 spiro atoms. The van der Waals surface area contributed by atoms with Gasteiger partial charge in [0.15, 0.2) is 0 Å². The third-order valence-electron chi connectivity index (χ3n) is 5.18. The van der Waals surface area contributed by atoms with Crippen LogP contribution in [-0.4, -0.2) is 92.0 Å². The molecule has 6 nitrogen and oxygen atoms in total. The standard InChI is InChI=1S/C18H33F3N4O2/c1-12(2)16(25-10-13(3)27-14(4)11-25)17(26)23-9-15(18(19,20)21)24-7-5-22-6-8-24/h12-16,22H,5-11H2,1-4H3,(H,23,26). The van der Waals surface area contributed by atoms with Crippen molar-refractivity contribution in [3.05, 3.63) is 0 Å². The predicted molar refractivity (Wildman–Crippen MR) is 97.5 cm³/mol. The zero-order valence-corrected chi connectivity index (χ0v) is 16.7. The number of carbonyl (C=O) groups is 1. The first-order chi connectivity index (χ1) is 12.6. The van der Waals surface area contributed by atoms with E-state index < -0.39 is 24.8 Å². The lowest BCUT2D eigenvalue weighted by molar-refractivity contribution is -0.184. The van der Waals surface area contributed by atoms with Crippen LogP contribution in [0.2, 0.25) is 0 Å². The molecule has 2 heterocycles. The van der Waals surface area contributed by atoms with Crippen molar-refractivity contribution >= 4 is 5.91 Å². The second kappa shape index (κ2) is 9.54. The fraction of sp³-hybridized carbons (Fsp3) is 0.944. The quantitative estimate of drug-likeness (QED) is 0.706. The summed E-state index contributed by atoms with van der Waals surface area (Å²) in [6.45, 7) is 10.2. The minimum atomic E-state index is -4.38. The highest BCUT2D eigenvalue weighted by Gasteiger charge is 2.44. The van der Waals surface area contributed by atoms with Gasteiger partial charge >= 0.3 is 6.18 Å². The number of alkyl halides is 3. The first kappa shape index (κ1) is 22.4. The second-order valence-electron chi connectivity index (χ2n) is 7.99. The molecule has 2 saturated heterocycles. The number of ether oxygens (including phenoxy) is 1. The Balaban J connectivity index is 2.02. The second-order valence-corrected chi connectivity index (χ2v) is 7.99. The maximum Gasteiger partial charge on any atom is 0.405 e. The fourth-order valence-corrected chi connectivity index (χ4v) is 4.08. The van der Waals surface area contributed by atoms with Crippen molar-refractivity contribution < 1.29 is 22.7 Å². The number of piperazine rings is 1. The van der Waals surface area contributed by atoms with Gasteiger partial charge in [-0.3, -0.25) is 14.6 Å². The maximum atomic E-state index is 13.5. The lowest BCUT2D eigenvalue weighted by atomic mass is 9.99. The Kier molecular flexibility index (Phi) is 7.91. The largest absolute Gasteiger partial charge is 0.405 e. The van der Waals surface area contributed by atoms with E-state index in [1.165, 1.54) is 4.90 Å². The maximum absolute atomic E-state index is 13.5. The molecule has 2 N–H and O–H groups in total. The van der Waals surface area contributed by atoms with Gasteiger partial charge in [0.25, 0.3) is 0 Å². The molecule has 27 heavy (non-hydrogen) atoms. The Labute approximate surface area is 159 Å². The predicted octanol–water partition coefficient (Wildman–Crippen LogP) is 1.07. The van der Waals surface area contributed by atoms with E-state index in [1.54, 1.807) is 0 Å². The number of carbonyl (C=O) groups excluding carboxylic acids is 1. The third-order valence-corrected chi connectivity index (χ3v) is 5.18. The normalized spacial score (nSPS) is 28.1. The summed E-state index contributed by atoms with van der Waals surface area (Å²) < 4.78 is 46.3. The molecule has 158 valence electrons. The van der Waals surface area contributed by atoms with E-state index in [9.17, 15) is 18.0 Å². The van der Waals surface area contributed by atoms with Gasteiger partial charge < -0.3 is 15.4 Å². The van der Waals surface area contributed by atoms with Gasteiger partial charge in [-0.15, -0.1) is 0 Å².